The number of rotatable bonds is 3. The topological polar surface area (TPSA) is 49.3 Å². The van der Waals surface area contributed by atoms with Gasteiger partial charge < -0.3 is 10.4 Å². The molecule has 0 radical (unpaired) electrons. The van der Waals surface area contributed by atoms with Gasteiger partial charge in [0.05, 0.1) is 5.76 Å². The number of carbonyl (C=O) groups excluding carboxylic acids is 1. The van der Waals surface area contributed by atoms with Crippen LogP contribution in [0.3, 0.4) is 0 Å². The van der Waals surface area contributed by atoms with Crippen molar-refractivity contribution in [3.05, 3.63) is 12.3 Å². The molecule has 0 aromatic rings. The fourth-order valence-corrected chi connectivity index (χ4v) is 0.383. The number of carbonyl (C=O) groups is 1. The van der Waals surface area contributed by atoms with Gasteiger partial charge in [0.1, 0.15) is 0 Å². The van der Waals surface area contributed by atoms with Gasteiger partial charge in [-0.05, 0) is 0 Å². The first-order valence-corrected chi connectivity index (χ1v) is 2.74. The van der Waals surface area contributed by atoms with Crippen LogP contribution in [-0.4, -0.2) is 18.1 Å². The van der Waals surface area contributed by atoms with Crippen molar-refractivity contribution in [2.24, 2.45) is 0 Å². The summed E-state index contributed by atoms with van der Waals surface area (Å²) in [5.74, 6) is -0.0243. The van der Waals surface area contributed by atoms with Crippen molar-refractivity contribution in [2.75, 3.05) is 7.05 Å². The molecule has 0 atom stereocenters. The molecule has 0 saturated carbocycles. The summed E-state index contributed by atoms with van der Waals surface area (Å²) in [6.45, 7) is 3.24. The Labute approximate surface area is 54.4 Å². The Hall–Kier alpha value is -0.990. The summed E-state index contributed by atoms with van der Waals surface area (Å²) in [7, 11) is 1.56. The van der Waals surface area contributed by atoms with Gasteiger partial charge in [-0.2, -0.15) is 0 Å². The Balaban J connectivity index is 3.28. The number of amides is 1. The highest BCUT2D eigenvalue weighted by Crippen LogP contribution is 1.95. The van der Waals surface area contributed by atoms with E-state index in [1.165, 1.54) is 0 Å². The summed E-state index contributed by atoms with van der Waals surface area (Å²) < 4.78 is 0. The van der Waals surface area contributed by atoms with Crippen molar-refractivity contribution < 1.29 is 9.90 Å². The highest BCUT2D eigenvalue weighted by molar-refractivity contribution is 5.75. The zero-order valence-electron chi connectivity index (χ0n) is 5.48. The van der Waals surface area contributed by atoms with Crippen LogP contribution >= 0.6 is 0 Å². The molecule has 3 heteroatoms. The summed E-state index contributed by atoms with van der Waals surface area (Å²) in [5.41, 5.74) is 0. The molecule has 0 aliphatic carbocycles. The van der Waals surface area contributed by atoms with Crippen molar-refractivity contribution in [1.29, 1.82) is 0 Å². The fraction of sp³-hybridized carbons (Fsp3) is 0.500. The number of hydrogen-bond donors (Lipinski definition) is 2. The maximum absolute atomic E-state index is 10.5. The fourth-order valence-electron chi connectivity index (χ4n) is 0.383. The molecule has 0 aliphatic heterocycles. The maximum atomic E-state index is 10.5. The summed E-state index contributed by atoms with van der Waals surface area (Å²) in [6, 6.07) is 0. The van der Waals surface area contributed by atoms with Crippen LogP contribution < -0.4 is 5.32 Å². The van der Waals surface area contributed by atoms with Crippen LogP contribution in [0.15, 0.2) is 12.3 Å². The van der Waals surface area contributed by atoms with E-state index in [9.17, 15) is 4.79 Å². The van der Waals surface area contributed by atoms with Crippen molar-refractivity contribution in [2.45, 2.75) is 12.8 Å². The van der Waals surface area contributed by atoms with E-state index in [1.54, 1.807) is 7.05 Å². The monoisotopic (exact) mass is 129 g/mol. The predicted octanol–water partition coefficient (Wildman–Crippen LogP) is 0.584. The lowest BCUT2D eigenvalue weighted by Crippen LogP contribution is -2.17. The molecule has 1 amide bonds. The standard InChI is InChI=1S/C6H11NO2/c1-5(8)3-4-6(9)7-2/h8H,1,3-4H2,2H3,(H,7,9). The lowest BCUT2D eigenvalue weighted by molar-refractivity contribution is -0.120. The van der Waals surface area contributed by atoms with Crippen LogP contribution in [0.1, 0.15) is 12.8 Å². The van der Waals surface area contributed by atoms with E-state index in [-0.39, 0.29) is 11.7 Å². The average Bonchev–Trinajstić information content (AvgIpc) is 1.83. The van der Waals surface area contributed by atoms with Gasteiger partial charge in [-0.25, -0.2) is 0 Å². The Morgan fingerprint density at radius 2 is 2.22 bits per heavy atom. The van der Waals surface area contributed by atoms with Gasteiger partial charge in [0.25, 0.3) is 0 Å². The number of hydrogen-bond acceptors (Lipinski definition) is 2. The SMILES string of the molecule is C=C(O)CCC(=O)NC. The molecule has 2 N–H and O–H groups in total. The second-order valence-corrected chi connectivity index (χ2v) is 1.74. The molecule has 0 fully saturated rings. The normalized spacial score (nSPS) is 8.56. The minimum atomic E-state index is -0.0785. The zero-order chi connectivity index (χ0) is 7.28. The minimum Gasteiger partial charge on any atom is -0.513 e. The van der Waals surface area contributed by atoms with Crippen molar-refractivity contribution in [3.8, 4) is 0 Å². The second-order valence-electron chi connectivity index (χ2n) is 1.74. The van der Waals surface area contributed by atoms with Crippen molar-refractivity contribution in [3.63, 3.8) is 0 Å². The molecule has 0 heterocycles. The van der Waals surface area contributed by atoms with E-state index in [0.717, 1.165) is 0 Å². The Morgan fingerprint density at radius 1 is 1.67 bits per heavy atom. The molecule has 0 aromatic heterocycles. The molecule has 0 rings (SSSR count). The quantitative estimate of drug-likeness (QED) is 0.548. The Bertz CT molecular complexity index is 120. The molecule has 0 unspecified atom stereocenters. The van der Waals surface area contributed by atoms with E-state index in [2.05, 4.69) is 11.9 Å². The van der Waals surface area contributed by atoms with Crippen molar-refractivity contribution >= 4 is 5.91 Å². The van der Waals surface area contributed by atoms with Crippen molar-refractivity contribution in [1.82, 2.24) is 5.32 Å². The summed E-state index contributed by atoms with van der Waals surface area (Å²) >= 11 is 0. The molecule has 3 nitrogen and oxygen atoms in total. The van der Waals surface area contributed by atoms with Gasteiger partial charge in [-0.3, -0.25) is 4.79 Å². The third kappa shape index (κ3) is 4.87. The minimum absolute atomic E-state index is 0.0543. The Kier molecular flexibility index (Phi) is 3.51. The van der Waals surface area contributed by atoms with Gasteiger partial charge in [-0.1, -0.05) is 6.58 Å². The van der Waals surface area contributed by atoms with Crippen LogP contribution in [0.4, 0.5) is 0 Å². The van der Waals surface area contributed by atoms with Crippen LogP contribution in [-0.2, 0) is 4.79 Å². The summed E-state index contributed by atoms with van der Waals surface area (Å²) in [6.07, 6.45) is 0.658. The molecule has 0 aliphatic rings. The lowest BCUT2D eigenvalue weighted by atomic mass is 10.3. The van der Waals surface area contributed by atoms with E-state index in [0.29, 0.717) is 12.8 Å². The maximum Gasteiger partial charge on any atom is 0.220 e. The third-order valence-electron chi connectivity index (χ3n) is 0.919. The second kappa shape index (κ2) is 3.95. The molecule has 52 valence electrons. The first kappa shape index (κ1) is 8.01. The largest absolute Gasteiger partial charge is 0.513 e. The first-order chi connectivity index (χ1) is 4.16. The number of nitrogens with one attached hydrogen (secondary N) is 1. The number of allylic oxidation sites excluding steroid dienone is 1. The number of aliphatic hydroxyl groups excluding tert-OH is 1. The third-order valence-corrected chi connectivity index (χ3v) is 0.919. The van der Waals surface area contributed by atoms with Crippen LogP contribution in [0, 0.1) is 0 Å². The van der Waals surface area contributed by atoms with E-state index >= 15 is 0 Å². The molecule has 0 spiro atoms. The van der Waals surface area contributed by atoms with Gasteiger partial charge in [0.2, 0.25) is 5.91 Å². The summed E-state index contributed by atoms with van der Waals surface area (Å²) in [5, 5.41) is 11.0. The molecular weight excluding hydrogens is 118 g/mol. The first-order valence-electron chi connectivity index (χ1n) is 2.74. The highest BCUT2D eigenvalue weighted by atomic mass is 16.3. The summed E-state index contributed by atoms with van der Waals surface area (Å²) in [4.78, 5) is 10.5. The zero-order valence-corrected chi connectivity index (χ0v) is 5.48. The van der Waals surface area contributed by atoms with Gasteiger partial charge in [0.15, 0.2) is 0 Å². The molecule has 0 bridgehead atoms. The van der Waals surface area contributed by atoms with E-state index < -0.39 is 0 Å². The van der Waals surface area contributed by atoms with Crippen LogP contribution in [0.5, 0.6) is 0 Å². The average molecular weight is 129 g/mol. The highest BCUT2D eigenvalue weighted by Gasteiger charge is 1.96. The smallest absolute Gasteiger partial charge is 0.220 e. The molecule has 9 heavy (non-hydrogen) atoms. The van der Waals surface area contributed by atoms with Crippen LogP contribution in [0.2, 0.25) is 0 Å². The predicted molar refractivity (Wildman–Crippen MR) is 35.1 cm³/mol. The van der Waals surface area contributed by atoms with E-state index in [1.807, 2.05) is 0 Å². The van der Waals surface area contributed by atoms with Gasteiger partial charge >= 0.3 is 0 Å². The number of aliphatic hydroxyl groups is 1. The Morgan fingerprint density at radius 3 is 2.56 bits per heavy atom. The molecule has 0 saturated heterocycles. The van der Waals surface area contributed by atoms with E-state index in [4.69, 9.17) is 5.11 Å². The lowest BCUT2D eigenvalue weighted by Gasteiger charge is -1.96. The van der Waals surface area contributed by atoms with Crippen LogP contribution in [0.25, 0.3) is 0 Å². The van der Waals surface area contributed by atoms with Gasteiger partial charge in [0, 0.05) is 19.9 Å². The molecule has 0 aromatic carbocycles. The van der Waals surface area contributed by atoms with Gasteiger partial charge in [-0.15, -0.1) is 0 Å². The molecular formula is C6H11NO2.